The number of aryl methyl sites for hydroxylation is 1. The van der Waals surface area contributed by atoms with E-state index in [1.807, 2.05) is 6.20 Å². The van der Waals surface area contributed by atoms with E-state index in [0.717, 1.165) is 19.4 Å². The summed E-state index contributed by atoms with van der Waals surface area (Å²) in [5, 5.41) is 3.71. The number of pyridine rings is 1. The summed E-state index contributed by atoms with van der Waals surface area (Å²) < 4.78 is 0. The Morgan fingerprint density at radius 2 is 2.24 bits per heavy atom. The zero-order valence-corrected chi connectivity index (χ0v) is 11.3. The van der Waals surface area contributed by atoms with Crippen LogP contribution in [0.4, 0.5) is 0 Å². The third-order valence-corrected chi connectivity index (χ3v) is 4.17. The minimum atomic E-state index is 0.279. The molecule has 1 N–H and O–H groups in total. The zero-order chi connectivity index (χ0) is 12.3. The lowest BCUT2D eigenvalue weighted by Gasteiger charge is -2.33. The summed E-state index contributed by atoms with van der Waals surface area (Å²) in [6, 6.07) is 4.41. The Morgan fingerprint density at radius 1 is 1.41 bits per heavy atom. The highest BCUT2D eigenvalue weighted by molar-refractivity contribution is 5.17. The third kappa shape index (κ3) is 2.68. The predicted molar refractivity (Wildman–Crippen MR) is 72.1 cm³/mol. The third-order valence-electron chi connectivity index (χ3n) is 4.17. The van der Waals surface area contributed by atoms with Crippen LogP contribution in [0.15, 0.2) is 18.3 Å². The molecule has 1 aromatic heterocycles. The van der Waals surface area contributed by atoms with Crippen LogP contribution >= 0.6 is 0 Å². The molecule has 17 heavy (non-hydrogen) atoms. The summed E-state index contributed by atoms with van der Waals surface area (Å²) >= 11 is 0. The van der Waals surface area contributed by atoms with Crippen molar-refractivity contribution in [3.63, 3.8) is 0 Å². The highest BCUT2D eigenvalue weighted by Gasteiger charge is 2.36. The molecule has 94 valence electrons. The van der Waals surface area contributed by atoms with Crippen LogP contribution in [0.25, 0.3) is 0 Å². The number of nitrogens with zero attached hydrogens (tertiary/aromatic N) is 1. The second kappa shape index (κ2) is 5.18. The fourth-order valence-corrected chi connectivity index (χ4v) is 2.77. The highest BCUT2D eigenvalue weighted by atomic mass is 15.0. The van der Waals surface area contributed by atoms with Crippen LogP contribution in [0.3, 0.4) is 0 Å². The molecule has 2 rings (SSSR count). The van der Waals surface area contributed by atoms with Crippen molar-refractivity contribution in [2.45, 2.75) is 52.0 Å². The van der Waals surface area contributed by atoms with Crippen molar-refractivity contribution in [1.29, 1.82) is 0 Å². The fourth-order valence-electron chi connectivity index (χ4n) is 2.77. The molecule has 1 aliphatic rings. The Hall–Kier alpha value is -0.890. The average Bonchev–Trinajstić information content (AvgIpc) is 2.80. The molecule has 0 aromatic carbocycles. The van der Waals surface area contributed by atoms with E-state index >= 15 is 0 Å². The van der Waals surface area contributed by atoms with E-state index in [1.54, 1.807) is 0 Å². The van der Waals surface area contributed by atoms with E-state index in [2.05, 4.69) is 43.2 Å². The topological polar surface area (TPSA) is 24.9 Å². The molecule has 2 nitrogen and oxygen atoms in total. The summed E-state index contributed by atoms with van der Waals surface area (Å²) in [6.07, 6.45) is 6.74. The van der Waals surface area contributed by atoms with Crippen molar-refractivity contribution in [3.05, 3.63) is 29.6 Å². The largest absolute Gasteiger partial charge is 0.311 e. The van der Waals surface area contributed by atoms with Gasteiger partial charge in [0, 0.05) is 23.9 Å². The van der Waals surface area contributed by atoms with Crippen LogP contribution in [-0.4, -0.2) is 17.1 Å². The summed E-state index contributed by atoms with van der Waals surface area (Å²) in [4.78, 5) is 4.60. The van der Waals surface area contributed by atoms with Crippen molar-refractivity contribution >= 4 is 0 Å². The Morgan fingerprint density at radius 3 is 2.71 bits per heavy atom. The lowest BCUT2D eigenvalue weighted by Crippen LogP contribution is -2.46. The molecule has 1 unspecified atom stereocenters. The van der Waals surface area contributed by atoms with E-state index in [9.17, 15) is 0 Å². The van der Waals surface area contributed by atoms with E-state index < -0.39 is 0 Å². The quantitative estimate of drug-likeness (QED) is 0.863. The van der Waals surface area contributed by atoms with Crippen LogP contribution in [0.5, 0.6) is 0 Å². The van der Waals surface area contributed by atoms with Gasteiger partial charge in [-0.3, -0.25) is 4.98 Å². The summed E-state index contributed by atoms with van der Waals surface area (Å²) in [7, 11) is 0. The molecule has 0 bridgehead atoms. The second-order valence-electron chi connectivity index (χ2n) is 5.53. The summed E-state index contributed by atoms with van der Waals surface area (Å²) in [5.74, 6) is 0.664. The minimum Gasteiger partial charge on any atom is -0.311 e. The van der Waals surface area contributed by atoms with Crippen LogP contribution in [0.1, 0.15) is 44.9 Å². The first kappa shape index (κ1) is 12.6. The summed E-state index contributed by atoms with van der Waals surface area (Å²) in [6.45, 7) is 7.97. The van der Waals surface area contributed by atoms with Gasteiger partial charge in [0.05, 0.1) is 0 Å². The monoisotopic (exact) mass is 232 g/mol. The van der Waals surface area contributed by atoms with E-state index in [1.165, 1.54) is 24.1 Å². The van der Waals surface area contributed by atoms with Crippen molar-refractivity contribution < 1.29 is 0 Å². The molecule has 0 amide bonds. The first-order valence-corrected chi connectivity index (χ1v) is 6.85. The average molecular weight is 232 g/mol. The number of nitrogens with one attached hydrogen (secondary N) is 1. The first-order valence-electron chi connectivity index (χ1n) is 6.85. The lowest BCUT2D eigenvalue weighted by atomic mass is 9.81. The zero-order valence-electron chi connectivity index (χ0n) is 11.3. The van der Waals surface area contributed by atoms with Crippen molar-refractivity contribution in [3.8, 4) is 0 Å². The molecule has 1 aromatic rings. The fraction of sp³-hybridized carbons (Fsp3) is 0.667. The SMILES string of the molecule is CCc1ccc(CC2(C(C)C)CCCN2)nc1. The second-order valence-corrected chi connectivity index (χ2v) is 5.53. The molecule has 0 saturated carbocycles. The van der Waals surface area contributed by atoms with Gasteiger partial charge in [-0.1, -0.05) is 26.8 Å². The normalized spacial score (nSPS) is 24.5. The molecular weight excluding hydrogens is 208 g/mol. The maximum Gasteiger partial charge on any atom is 0.0422 e. The standard InChI is InChI=1S/C15H24N2/c1-4-13-6-7-14(16-11-13)10-15(12(2)3)8-5-9-17-15/h6-7,11-12,17H,4-5,8-10H2,1-3H3. The Bertz CT molecular complexity index is 348. The number of aromatic nitrogens is 1. The molecule has 2 heterocycles. The Kier molecular flexibility index (Phi) is 3.82. The van der Waals surface area contributed by atoms with Gasteiger partial charge in [0.25, 0.3) is 0 Å². The van der Waals surface area contributed by atoms with Crippen molar-refractivity contribution in [2.24, 2.45) is 5.92 Å². The van der Waals surface area contributed by atoms with E-state index in [-0.39, 0.29) is 5.54 Å². The Balaban J connectivity index is 2.12. The molecule has 1 atom stereocenters. The highest BCUT2D eigenvalue weighted by Crippen LogP contribution is 2.30. The van der Waals surface area contributed by atoms with E-state index in [0.29, 0.717) is 5.92 Å². The van der Waals surface area contributed by atoms with Gasteiger partial charge in [-0.15, -0.1) is 0 Å². The number of hydrogen-bond donors (Lipinski definition) is 1. The minimum absolute atomic E-state index is 0.279. The van der Waals surface area contributed by atoms with Gasteiger partial charge >= 0.3 is 0 Å². The van der Waals surface area contributed by atoms with Crippen LogP contribution in [-0.2, 0) is 12.8 Å². The van der Waals surface area contributed by atoms with Crippen molar-refractivity contribution in [1.82, 2.24) is 10.3 Å². The molecule has 0 aliphatic carbocycles. The Labute approximate surface area is 105 Å². The van der Waals surface area contributed by atoms with Crippen LogP contribution < -0.4 is 5.32 Å². The van der Waals surface area contributed by atoms with E-state index in [4.69, 9.17) is 0 Å². The van der Waals surface area contributed by atoms with Gasteiger partial charge in [0.1, 0.15) is 0 Å². The number of hydrogen-bond acceptors (Lipinski definition) is 2. The molecular formula is C15H24N2. The van der Waals surface area contributed by atoms with Crippen LogP contribution in [0.2, 0.25) is 0 Å². The molecule has 2 heteroatoms. The molecule has 1 saturated heterocycles. The molecule has 1 fully saturated rings. The van der Waals surface area contributed by atoms with Crippen molar-refractivity contribution in [2.75, 3.05) is 6.54 Å². The van der Waals surface area contributed by atoms with Gasteiger partial charge in [-0.25, -0.2) is 0 Å². The maximum absolute atomic E-state index is 4.60. The van der Waals surface area contributed by atoms with Gasteiger partial charge in [-0.2, -0.15) is 0 Å². The van der Waals surface area contributed by atoms with Gasteiger partial charge in [0.2, 0.25) is 0 Å². The predicted octanol–water partition coefficient (Wildman–Crippen LogP) is 2.96. The van der Waals surface area contributed by atoms with Gasteiger partial charge in [-0.05, 0) is 43.4 Å². The lowest BCUT2D eigenvalue weighted by molar-refractivity contribution is 0.267. The maximum atomic E-state index is 4.60. The summed E-state index contributed by atoms with van der Waals surface area (Å²) in [5.41, 5.74) is 2.83. The van der Waals surface area contributed by atoms with Gasteiger partial charge < -0.3 is 5.32 Å². The first-order chi connectivity index (χ1) is 8.16. The van der Waals surface area contributed by atoms with Gasteiger partial charge in [0.15, 0.2) is 0 Å². The molecule has 1 aliphatic heterocycles. The van der Waals surface area contributed by atoms with Crippen LogP contribution in [0, 0.1) is 5.92 Å². The smallest absolute Gasteiger partial charge is 0.0422 e. The molecule has 0 radical (unpaired) electrons. The number of rotatable bonds is 4. The molecule has 0 spiro atoms.